The molecule has 8 nitrogen and oxygen atoms in total. The molecule has 0 aliphatic carbocycles. The van der Waals surface area contributed by atoms with Crippen LogP contribution in [0.15, 0.2) is 24.3 Å². The second-order valence-corrected chi connectivity index (χ2v) is 20.0. The maximum Gasteiger partial charge on any atom is 0.472 e. The number of likely N-dealkylation sites (N-methyl/N-ethyl adjacent to an activating group) is 1. The molecular formula is C51H101NO7P+. The minimum absolute atomic E-state index is 0.0890. The van der Waals surface area contributed by atoms with Gasteiger partial charge < -0.3 is 18.9 Å². The third-order valence-corrected chi connectivity index (χ3v) is 12.2. The van der Waals surface area contributed by atoms with Crippen molar-refractivity contribution in [3.8, 4) is 0 Å². The molecule has 0 bridgehead atoms. The zero-order valence-electron chi connectivity index (χ0n) is 40.5. The highest BCUT2D eigenvalue weighted by molar-refractivity contribution is 7.47. The zero-order chi connectivity index (χ0) is 44.1. The van der Waals surface area contributed by atoms with Crippen molar-refractivity contribution in [3.05, 3.63) is 24.3 Å². The van der Waals surface area contributed by atoms with Gasteiger partial charge >= 0.3 is 13.8 Å². The normalized spacial score (nSPS) is 13.8. The van der Waals surface area contributed by atoms with Crippen molar-refractivity contribution in [3.63, 3.8) is 0 Å². The van der Waals surface area contributed by atoms with E-state index in [0.717, 1.165) is 32.1 Å². The molecule has 0 aliphatic heterocycles. The topological polar surface area (TPSA) is 91.3 Å². The minimum Gasteiger partial charge on any atom is -0.457 e. The summed E-state index contributed by atoms with van der Waals surface area (Å²) in [6.07, 6.45) is 52.2. The van der Waals surface area contributed by atoms with Crippen LogP contribution in [0, 0.1) is 0 Å². The first kappa shape index (κ1) is 59.0. The molecule has 2 atom stereocenters. The monoisotopic (exact) mass is 871 g/mol. The Hall–Kier alpha value is -1.02. The number of rotatable bonds is 48. The highest BCUT2D eigenvalue weighted by Crippen LogP contribution is 2.43. The van der Waals surface area contributed by atoms with Crippen LogP contribution in [-0.2, 0) is 27.9 Å². The van der Waals surface area contributed by atoms with E-state index in [1.807, 2.05) is 21.1 Å². The molecular weight excluding hydrogens is 770 g/mol. The van der Waals surface area contributed by atoms with Crippen molar-refractivity contribution >= 4 is 13.8 Å². The summed E-state index contributed by atoms with van der Waals surface area (Å²) in [4.78, 5) is 23.0. The standard InChI is InChI=1S/C51H100NO7P/c1-6-8-10-12-14-16-18-20-22-23-24-25-26-27-28-29-30-32-34-36-38-40-42-44-51(53)59-50(49-58-60(54,55)57-47-45-52(3,4)5)48-56-46-43-41-39-37-35-33-31-21-19-17-15-13-11-9-7-2/h19,21,23-24,50H,6-18,20,22,25-49H2,1-5H3/p+1/b21-19-,24-23-. The Morgan fingerprint density at radius 2 is 0.867 bits per heavy atom. The van der Waals surface area contributed by atoms with E-state index in [0.29, 0.717) is 24.1 Å². The smallest absolute Gasteiger partial charge is 0.457 e. The Morgan fingerprint density at radius 3 is 1.27 bits per heavy atom. The van der Waals surface area contributed by atoms with E-state index in [1.54, 1.807) is 0 Å². The van der Waals surface area contributed by atoms with Crippen molar-refractivity contribution in [2.24, 2.45) is 0 Å². The minimum atomic E-state index is -4.28. The number of carbonyl (C=O) groups excluding carboxylic acids is 1. The number of phosphoric acid groups is 1. The van der Waals surface area contributed by atoms with Gasteiger partial charge in [-0.15, -0.1) is 0 Å². The second kappa shape index (κ2) is 44.6. The molecule has 2 unspecified atom stereocenters. The molecule has 0 amide bonds. The van der Waals surface area contributed by atoms with Crippen molar-refractivity contribution < 1.29 is 37.3 Å². The summed E-state index contributed by atoms with van der Waals surface area (Å²) >= 11 is 0. The van der Waals surface area contributed by atoms with Gasteiger partial charge in [-0.3, -0.25) is 13.8 Å². The number of allylic oxidation sites excluding steroid dienone is 4. The number of phosphoric ester groups is 1. The summed E-state index contributed by atoms with van der Waals surface area (Å²) in [5.41, 5.74) is 0. The first-order chi connectivity index (χ1) is 29.1. The number of quaternary nitrogens is 1. The third-order valence-electron chi connectivity index (χ3n) is 11.2. The molecule has 356 valence electrons. The van der Waals surface area contributed by atoms with Crippen molar-refractivity contribution in [2.75, 3.05) is 54.1 Å². The maximum absolute atomic E-state index is 12.8. The molecule has 0 saturated heterocycles. The SMILES string of the molecule is CCCCCCC/C=C\CCCCCCCCOCC(COP(=O)(O)OCC[N+](C)(C)C)OC(=O)CCCCCCCCCCCCC/C=C\CCCCCCCCCC. The lowest BCUT2D eigenvalue weighted by Gasteiger charge is -2.24. The van der Waals surface area contributed by atoms with Crippen LogP contribution in [0.4, 0.5) is 0 Å². The predicted octanol–water partition coefficient (Wildman–Crippen LogP) is 15.6. The summed E-state index contributed by atoms with van der Waals surface area (Å²) in [5.74, 6) is -0.313. The summed E-state index contributed by atoms with van der Waals surface area (Å²) in [5, 5.41) is 0. The van der Waals surface area contributed by atoms with Crippen LogP contribution >= 0.6 is 7.82 Å². The van der Waals surface area contributed by atoms with Crippen LogP contribution in [0.5, 0.6) is 0 Å². The summed E-state index contributed by atoms with van der Waals surface area (Å²) < 4.78 is 35.1. The first-order valence-electron chi connectivity index (χ1n) is 25.6. The second-order valence-electron chi connectivity index (χ2n) is 18.5. The average molecular weight is 871 g/mol. The Morgan fingerprint density at radius 1 is 0.500 bits per heavy atom. The predicted molar refractivity (Wildman–Crippen MR) is 257 cm³/mol. The third kappa shape index (κ3) is 48.0. The van der Waals surface area contributed by atoms with Gasteiger partial charge in [0.2, 0.25) is 0 Å². The van der Waals surface area contributed by atoms with Gasteiger partial charge in [0.15, 0.2) is 0 Å². The Kier molecular flexibility index (Phi) is 43.8. The van der Waals surface area contributed by atoms with Gasteiger partial charge in [0.05, 0.1) is 34.4 Å². The van der Waals surface area contributed by atoms with Crippen LogP contribution in [0.2, 0.25) is 0 Å². The van der Waals surface area contributed by atoms with E-state index in [1.165, 1.54) is 186 Å². The van der Waals surface area contributed by atoms with Crippen LogP contribution in [-0.4, -0.2) is 75.6 Å². The molecule has 60 heavy (non-hydrogen) atoms. The molecule has 0 aromatic carbocycles. The molecule has 0 fully saturated rings. The van der Waals surface area contributed by atoms with Gasteiger partial charge in [-0.05, 0) is 64.2 Å². The molecule has 0 heterocycles. The van der Waals surface area contributed by atoms with E-state index in [4.69, 9.17) is 18.5 Å². The largest absolute Gasteiger partial charge is 0.472 e. The van der Waals surface area contributed by atoms with E-state index < -0.39 is 13.9 Å². The van der Waals surface area contributed by atoms with E-state index in [2.05, 4.69) is 38.2 Å². The molecule has 1 N–H and O–H groups in total. The van der Waals surface area contributed by atoms with Gasteiger partial charge in [-0.1, -0.05) is 192 Å². The highest BCUT2D eigenvalue weighted by atomic mass is 31.2. The van der Waals surface area contributed by atoms with Crippen LogP contribution < -0.4 is 0 Å². The fourth-order valence-electron chi connectivity index (χ4n) is 7.25. The van der Waals surface area contributed by atoms with Crippen LogP contribution in [0.25, 0.3) is 0 Å². The zero-order valence-corrected chi connectivity index (χ0v) is 41.4. The quantitative estimate of drug-likeness (QED) is 0.0214. The van der Waals surface area contributed by atoms with Gasteiger partial charge in [0.25, 0.3) is 0 Å². The van der Waals surface area contributed by atoms with E-state index in [9.17, 15) is 14.3 Å². The molecule has 0 radical (unpaired) electrons. The fraction of sp³-hybridized carbons (Fsp3) is 0.902. The average Bonchev–Trinajstić information content (AvgIpc) is 3.20. The number of nitrogens with zero attached hydrogens (tertiary/aromatic N) is 1. The number of carbonyl (C=O) groups is 1. The van der Waals surface area contributed by atoms with Crippen molar-refractivity contribution in [1.29, 1.82) is 0 Å². The number of unbranched alkanes of at least 4 members (excludes halogenated alkanes) is 30. The maximum atomic E-state index is 12.8. The summed E-state index contributed by atoms with van der Waals surface area (Å²) in [6.45, 7) is 5.64. The molecule has 0 spiro atoms. The Balaban J connectivity index is 4.10. The van der Waals surface area contributed by atoms with Gasteiger partial charge in [-0.25, -0.2) is 4.57 Å². The fourth-order valence-corrected chi connectivity index (χ4v) is 7.99. The molecule has 0 saturated carbocycles. The van der Waals surface area contributed by atoms with Gasteiger partial charge in [0, 0.05) is 13.0 Å². The lowest BCUT2D eigenvalue weighted by molar-refractivity contribution is -0.870. The lowest BCUT2D eigenvalue weighted by Crippen LogP contribution is -2.37. The molecule has 0 aliphatic rings. The van der Waals surface area contributed by atoms with Gasteiger partial charge in [-0.2, -0.15) is 0 Å². The number of ether oxygens (including phenoxy) is 2. The molecule has 0 aromatic rings. The Bertz CT molecular complexity index is 1010. The van der Waals surface area contributed by atoms with Crippen molar-refractivity contribution in [2.45, 2.75) is 245 Å². The van der Waals surface area contributed by atoms with E-state index in [-0.39, 0.29) is 25.8 Å². The first-order valence-corrected chi connectivity index (χ1v) is 27.1. The van der Waals surface area contributed by atoms with Gasteiger partial charge in [0.1, 0.15) is 19.3 Å². The van der Waals surface area contributed by atoms with Crippen LogP contribution in [0.1, 0.15) is 239 Å². The number of hydrogen-bond acceptors (Lipinski definition) is 6. The summed E-state index contributed by atoms with van der Waals surface area (Å²) in [6, 6.07) is 0. The molecule has 9 heteroatoms. The highest BCUT2D eigenvalue weighted by Gasteiger charge is 2.26. The lowest BCUT2D eigenvalue weighted by atomic mass is 10.0. The number of hydrogen-bond donors (Lipinski definition) is 1. The molecule has 0 aromatic heterocycles. The summed E-state index contributed by atoms with van der Waals surface area (Å²) in [7, 11) is 1.67. The van der Waals surface area contributed by atoms with Crippen molar-refractivity contribution in [1.82, 2.24) is 0 Å². The van der Waals surface area contributed by atoms with E-state index >= 15 is 0 Å². The molecule has 0 rings (SSSR count). The van der Waals surface area contributed by atoms with Crippen LogP contribution in [0.3, 0.4) is 0 Å². The Labute approximate surface area is 373 Å². The number of esters is 1.